The number of halogens is 1. The van der Waals surface area contributed by atoms with Gasteiger partial charge in [-0.25, -0.2) is 0 Å². The molecule has 5 nitrogen and oxygen atoms in total. The summed E-state index contributed by atoms with van der Waals surface area (Å²) in [5, 5.41) is 22.3. The Kier molecular flexibility index (Phi) is 5.24. The minimum absolute atomic E-state index is 0.0343. The maximum atomic E-state index is 9.78. The van der Waals surface area contributed by atoms with Crippen molar-refractivity contribution in [3.63, 3.8) is 0 Å². The Labute approximate surface area is 126 Å². The molecular formula is C14H17BrN2O3. The average molecular weight is 341 g/mol. The highest BCUT2D eigenvalue weighted by molar-refractivity contribution is 9.10. The van der Waals surface area contributed by atoms with Crippen molar-refractivity contribution in [1.29, 1.82) is 5.26 Å². The van der Waals surface area contributed by atoms with E-state index in [2.05, 4.69) is 27.3 Å². The molecule has 1 saturated heterocycles. The topological polar surface area (TPSA) is 74.5 Å². The zero-order valence-electron chi connectivity index (χ0n) is 11.2. The van der Waals surface area contributed by atoms with Crippen molar-refractivity contribution in [2.75, 3.05) is 20.3 Å². The van der Waals surface area contributed by atoms with Gasteiger partial charge in [0.2, 0.25) is 0 Å². The first-order valence-electron chi connectivity index (χ1n) is 6.46. The van der Waals surface area contributed by atoms with E-state index in [1.54, 1.807) is 12.1 Å². The molecule has 0 aliphatic carbocycles. The summed E-state index contributed by atoms with van der Waals surface area (Å²) < 4.78 is 11.1. The molecule has 0 amide bonds. The molecule has 0 saturated carbocycles. The second-order valence-electron chi connectivity index (χ2n) is 4.66. The Morgan fingerprint density at radius 2 is 2.45 bits per heavy atom. The normalized spacial score (nSPS) is 19.6. The van der Waals surface area contributed by atoms with Crippen molar-refractivity contribution < 1.29 is 14.6 Å². The van der Waals surface area contributed by atoms with E-state index in [-0.39, 0.29) is 11.9 Å². The Balaban J connectivity index is 2.10. The van der Waals surface area contributed by atoms with Gasteiger partial charge in [-0.3, -0.25) is 5.32 Å². The molecule has 1 heterocycles. The maximum Gasteiger partial charge on any atom is 0.172 e. The second kappa shape index (κ2) is 6.93. The third-order valence-corrected chi connectivity index (χ3v) is 3.91. The highest BCUT2D eigenvalue weighted by Gasteiger charge is 2.20. The molecule has 2 unspecified atom stereocenters. The second-order valence-corrected chi connectivity index (χ2v) is 5.51. The monoisotopic (exact) mass is 340 g/mol. The Bertz CT molecular complexity index is 510. The van der Waals surface area contributed by atoms with Crippen LogP contribution in [0.4, 0.5) is 0 Å². The van der Waals surface area contributed by atoms with Crippen molar-refractivity contribution in [2.45, 2.75) is 25.0 Å². The van der Waals surface area contributed by atoms with Crippen molar-refractivity contribution in [2.24, 2.45) is 0 Å². The average Bonchev–Trinajstić information content (AvgIpc) is 2.96. The summed E-state index contributed by atoms with van der Waals surface area (Å²) in [6.07, 6.45) is 2.27. The van der Waals surface area contributed by atoms with Crippen LogP contribution >= 0.6 is 15.9 Å². The van der Waals surface area contributed by atoms with Gasteiger partial charge in [0.1, 0.15) is 6.04 Å². The summed E-state index contributed by atoms with van der Waals surface area (Å²) in [7, 11) is 1.48. The molecule has 1 aromatic carbocycles. The van der Waals surface area contributed by atoms with Crippen molar-refractivity contribution >= 4 is 15.9 Å². The van der Waals surface area contributed by atoms with Crippen LogP contribution in [-0.4, -0.2) is 31.5 Å². The smallest absolute Gasteiger partial charge is 0.172 e. The Morgan fingerprint density at radius 1 is 1.65 bits per heavy atom. The molecule has 1 aromatic rings. The zero-order chi connectivity index (χ0) is 14.5. The molecule has 2 rings (SSSR count). The fourth-order valence-electron chi connectivity index (χ4n) is 2.21. The molecule has 0 bridgehead atoms. The van der Waals surface area contributed by atoms with E-state index in [0.717, 1.165) is 25.0 Å². The molecule has 0 aromatic heterocycles. The van der Waals surface area contributed by atoms with Crippen molar-refractivity contribution in [3.8, 4) is 17.6 Å². The molecule has 6 heteroatoms. The van der Waals surface area contributed by atoms with Crippen LogP contribution in [0.2, 0.25) is 0 Å². The number of aromatic hydroxyl groups is 1. The lowest BCUT2D eigenvalue weighted by Crippen LogP contribution is -2.29. The minimum Gasteiger partial charge on any atom is -0.503 e. The van der Waals surface area contributed by atoms with Gasteiger partial charge in [0, 0.05) is 13.2 Å². The van der Waals surface area contributed by atoms with E-state index in [0.29, 0.717) is 16.8 Å². The highest BCUT2D eigenvalue weighted by Crippen LogP contribution is 2.36. The maximum absolute atomic E-state index is 9.78. The van der Waals surface area contributed by atoms with Gasteiger partial charge in [-0.15, -0.1) is 0 Å². The lowest BCUT2D eigenvalue weighted by molar-refractivity contribution is 0.109. The molecule has 0 spiro atoms. The van der Waals surface area contributed by atoms with Crippen LogP contribution in [0.15, 0.2) is 16.6 Å². The van der Waals surface area contributed by atoms with E-state index in [1.165, 1.54) is 7.11 Å². The Morgan fingerprint density at radius 3 is 3.05 bits per heavy atom. The number of hydrogen-bond donors (Lipinski definition) is 2. The van der Waals surface area contributed by atoms with Gasteiger partial charge in [0.15, 0.2) is 11.5 Å². The van der Waals surface area contributed by atoms with Gasteiger partial charge >= 0.3 is 0 Å². The van der Waals surface area contributed by atoms with Gasteiger partial charge in [-0.1, -0.05) is 0 Å². The fraction of sp³-hybridized carbons (Fsp3) is 0.500. The van der Waals surface area contributed by atoms with Crippen molar-refractivity contribution in [1.82, 2.24) is 5.32 Å². The standard InChI is InChI=1S/C14H17BrN2O3/c1-19-13-6-9(5-11(15)14(13)18)12(7-16)17-8-10-3-2-4-20-10/h5-6,10,12,17-18H,2-4,8H2,1H3. The molecule has 1 aliphatic heterocycles. The van der Waals surface area contributed by atoms with Crippen LogP contribution < -0.4 is 10.1 Å². The third kappa shape index (κ3) is 3.42. The lowest BCUT2D eigenvalue weighted by Gasteiger charge is -2.17. The van der Waals surface area contributed by atoms with Gasteiger partial charge in [0.05, 0.1) is 23.8 Å². The quantitative estimate of drug-likeness (QED) is 0.861. The lowest BCUT2D eigenvalue weighted by atomic mass is 10.1. The van der Waals surface area contributed by atoms with Gasteiger partial charge in [-0.05, 0) is 46.5 Å². The molecule has 2 N–H and O–H groups in total. The molecule has 108 valence electrons. The van der Waals surface area contributed by atoms with E-state index < -0.39 is 6.04 Å². The van der Waals surface area contributed by atoms with Crippen LogP contribution in [0.5, 0.6) is 11.5 Å². The number of ether oxygens (including phenoxy) is 2. The van der Waals surface area contributed by atoms with E-state index in [9.17, 15) is 10.4 Å². The molecule has 20 heavy (non-hydrogen) atoms. The molecular weight excluding hydrogens is 324 g/mol. The summed E-state index contributed by atoms with van der Waals surface area (Å²) in [4.78, 5) is 0. The summed E-state index contributed by atoms with van der Waals surface area (Å²) in [6.45, 7) is 1.43. The first-order valence-corrected chi connectivity index (χ1v) is 7.26. The number of nitrogens with zero attached hydrogens (tertiary/aromatic N) is 1. The predicted octanol–water partition coefficient (Wildman–Crippen LogP) is 2.50. The Hall–Kier alpha value is -1.29. The van der Waals surface area contributed by atoms with Crippen molar-refractivity contribution in [3.05, 3.63) is 22.2 Å². The molecule has 1 aliphatic rings. The van der Waals surface area contributed by atoms with Crippen LogP contribution in [0, 0.1) is 11.3 Å². The summed E-state index contributed by atoms with van der Waals surface area (Å²) in [5.41, 5.74) is 0.743. The van der Waals surface area contributed by atoms with E-state index in [1.807, 2.05) is 0 Å². The van der Waals surface area contributed by atoms with E-state index >= 15 is 0 Å². The fourth-order valence-corrected chi connectivity index (χ4v) is 2.67. The van der Waals surface area contributed by atoms with Gasteiger partial charge in [-0.2, -0.15) is 5.26 Å². The van der Waals surface area contributed by atoms with Crippen LogP contribution in [-0.2, 0) is 4.74 Å². The number of nitrogens with one attached hydrogen (secondary N) is 1. The number of phenolic OH excluding ortho intramolecular Hbond substituents is 1. The number of rotatable bonds is 5. The molecule has 0 radical (unpaired) electrons. The number of hydrogen-bond acceptors (Lipinski definition) is 5. The minimum atomic E-state index is -0.468. The van der Waals surface area contributed by atoms with E-state index in [4.69, 9.17) is 9.47 Å². The van der Waals surface area contributed by atoms with Crippen LogP contribution in [0.25, 0.3) is 0 Å². The number of methoxy groups -OCH3 is 1. The first-order chi connectivity index (χ1) is 9.65. The largest absolute Gasteiger partial charge is 0.503 e. The number of nitriles is 1. The van der Waals surface area contributed by atoms with Crippen LogP contribution in [0.3, 0.4) is 0 Å². The highest BCUT2D eigenvalue weighted by atomic mass is 79.9. The number of benzene rings is 1. The van der Waals surface area contributed by atoms with Crippen LogP contribution in [0.1, 0.15) is 24.4 Å². The zero-order valence-corrected chi connectivity index (χ0v) is 12.8. The SMILES string of the molecule is COc1cc(C(C#N)NCC2CCCO2)cc(Br)c1O. The van der Waals surface area contributed by atoms with Gasteiger partial charge < -0.3 is 14.6 Å². The summed E-state index contributed by atoms with van der Waals surface area (Å²) in [6, 6.07) is 5.13. The third-order valence-electron chi connectivity index (χ3n) is 3.31. The molecule has 2 atom stereocenters. The summed E-state index contributed by atoms with van der Waals surface area (Å²) in [5.74, 6) is 0.376. The summed E-state index contributed by atoms with van der Waals surface area (Å²) >= 11 is 3.26. The molecule has 1 fully saturated rings. The van der Waals surface area contributed by atoms with Gasteiger partial charge in [0.25, 0.3) is 0 Å². The predicted molar refractivity (Wildman–Crippen MR) is 77.7 cm³/mol. The number of phenols is 1. The first kappa shape index (κ1) is 15.1.